The first kappa shape index (κ1) is 11.5. The first-order valence-electron chi connectivity index (χ1n) is 3.58. The third-order valence-corrected chi connectivity index (χ3v) is 5.87. The Hall–Kier alpha value is 0.517. The lowest BCUT2D eigenvalue weighted by atomic mass is 11.0. The highest BCUT2D eigenvalue weighted by Gasteiger charge is 2.17. The van der Waals surface area contributed by atoms with Crippen molar-refractivity contribution in [3.05, 3.63) is 0 Å². The Balaban J connectivity index is 3.91. The number of sulfone groups is 1. The molecule has 0 amide bonds. The van der Waals surface area contributed by atoms with Gasteiger partial charge in [-0.05, 0) is 6.04 Å². The highest BCUT2D eigenvalue weighted by atomic mass is 32.2. The second kappa shape index (κ2) is 3.96. The van der Waals surface area contributed by atoms with Crippen LogP contribution in [0.15, 0.2) is 0 Å². The van der Waals surface area contributed by atoms with Gasteiger partial charge in [-0.25, -0.2) is 8.42 Å². The first-order valence-corrected chi connectivity index (χ1v) is 9.74. The summed E-state index contributed by atoms with van der Waals surface area (Å²) in [5.74, 6) is 0.312. The van der Waals surface area contributed by atoms with E-state index < -0.39 is 17.9 Å². The van der Waals surface area contributed by atoms with Crippen molar-refractivity contribution in [2.24, 2.45) is 0 Å². The van der Waals surface area contributed by atoms with Gasteiger partial charge < -0.3 is 0 Å². The van der Waals surface area contributed by atoms with E-state index in [0.717, 1.165) is 6.04 Å². The predicted octanol–water partition coefficient (Wildman–Crippen LogP) is 1.63. The fourth-order valence-corrected chi connectivity index (χ4v) is 4.74. The van der Waals surface area contributed by atoms with E-state index in [9.17, 15) is 8.42 Å². The van der Waals surface area contributed by atoms with Crippen molar-refractivity contribution in [2.45, 2.75) is 25.7 Å². The molecule has 0 aliphatic rings. The van der Waals surface area contributed by atoms with Crippen LogP contribution < -0.4 is 0 Å². The van der Waals surface area contributed by atoms with Gasteiger partial charge in [0.05, 0.1) is 5.08 Å². The second-order valence-corrected chi connectivity index (χ2v) is 12.4. The molecule has 0 aromatic carbocycles. The van der Waals surface area contributed by atoms with Crippen LogP contribution >= 0.6 is 12.6 Å². The SMILES string of the molecule is C[Si](C)(C)CCS(=O)(=O)CS. The lowest BCUT2D eigenvalue weighted by Gasteiger charge is -2.14. The predicted molar refractivity (Wildman–Crippen MR) is 55.8 cm³/mol. The molecule has 0 bridgehead atoms. The topological polar surface area (TPSA) is 34.1 Å². The molecule has 68 valence electrons. The summed E-state index contributed by atoms with van der Waals surface area (Å²) in [6, 6.07) is 0.843. The summed E-state index contributed by atoms with van der Waals surface area (Å²) < 4.78 is 22.0. The van der Waals surface area contributed by atoms with Gasteiger partial charge in [0.15, 0.2) is 9.84 Å². The quantitative estimate of drug-likeness (QED) is 0.568. The van der Waals surface area contributed by atoms with Crippen LogP contribution in [-0.2, 0) is 9.84 Å². The molecule has 0 N–H and O–H groups in total. The number of hydrogen-bond donors (Lipinski definition) is 1. The molecule has 0 aliphatic heterocycles. The van der Waals surface area contributed by atoms with Crippen LogP contribution in [0.3, 0.4) is 0 Å². The Morgan fingerprint density at radius 2 is 1.73 bits per heavy atom. The molecule has 11 heavy (non-hydrogen) atoms. The average Bonchev–Trinajstić information content (AvgIpc) is 1.83. The zero-order chi connectivity index (χ0) is 9.12. The molecule has 0 fully saturated rings. The summed E-state index contributed by atoms with van der Waals surface area (Å²) in [4.78, 5) is 0. The van der Waals surface area contributed by atoms with E-state index in [1.807, 2.05) is 0 Å². The lowest BCUT2D eigenvalue weighted by molar-refractivity contribution is 0.602. The minimum absolute atomic E-state index is 0.0164. The Morgan fingerprint density at radius 3 is 2.00 bits per heavy atom. The van der Waals surface area contributed by atoms with Crippen molar-refractivity contribution in [2.75, 3.05) is 10.8 Å². The molecule has 0 aliphatic carbocycles. The standard InChI is InChI=1S/C6H16O2S2Si/c1-11(2,3)5-4-10(7,8)6-9/h9H,4-6H2,1-3H3. The lowest BCUT2D eigenvalue weighted by Crippen LogP contribution is -2.24. The van der Waals surface area contributed by atoms with Crippen LogP contribution in [0.5, 0.6) is 0 Å². The molecule has 0 aromatic heterocycles. The Bertz CT molecular complexity index is 203. The maximum Gasteiger partial charge on any atom is 0.159 e. The van der Waals surface area contributed by atoms with Gasteiger partial charge in [0.2, 0.25) is 0 Å². The molecule has 0 saturated carbocycles. The summed E-state index contributed by atoms with van der Waals surface area (Å²) in [7, 11) is -4.05. The number of hydrogen-bond acceptors (Lipinski definition) is 3. The molecule has 2 nitrogen and oxygen atoms in total. The maximum atomic E-state index is 11.0. The zero-order valence-electron chi connectivity index (χ0n) is 7.29. The normalized spacial score (nSPS) is 13.5. The van der Waals surface area contributed by atoms with E-state index in [0.29, 0.717) is 5.75 Å². The molecule has 0 saturated heterocycles. The van der Waals surface area contributed by atoms with E-state index in [-0.39, 0.29) is 5.08 Å². The summed E-state index contributed by atoms with van der Waals surface area (Å²) in [5.41, 5.74) is 0. The summed E-state index contributed by atoms with van der Waals surface area (Å²) >= 11 is 3.76. The van der Waals surface area contributed by atoms with Crippen LogP contribution in [0.2, 0.25) is 25.7 Å². The summed E-state index contributed by atoms with van der Waals surface area (Å²) in [6.07, 6.45) is 0. The largest absolute Gasteiger partial charge is 0.228 e. The van der Waals surface area contributed by atoms with Crippen LogP contribution in [0.1, 0.15) is 0 Å². The van der Waals surface area contributed by atoms with Crippen LogP contribution in [-0.4, -0.2) is 27.3 Å². The fourth-order valence-electron chi connectivity index (χ4n) is 0.526. The van der Waals surface area contributed by atoms with Gasteiger partial charge in [-0.2, -0.15) is 12.6 Å². The highest BCUT2D eigenvalue weighted by Crippen LogP contribution is 2.10. The second-order valence-electron chi connectivity index (χ2n) is 3.89. The van der Waals surface area contributed by atoms with Crippen molar-refractivity contribution in [1.82, 2.24) is 0 Å². The van der Waals surface area contributed by atoms with E-state index in [2.05, 4.69) is 32.3 Å². The van der Waals surface area contributed by atoms with Crippen molar-refractivity contribution in [3.8, 4) is 0 Å². The molecule has 5 heteroatoms. The molecule has 0 radical (unpaired) electrons. The third-order valence-electron chi connectivity index (χ3n) is 1.36. The maximum absolute atomic E-state index is 11.0. The van der Waals surface area contributed by atoms with Crippen molar-refractivity contribution in [1.29, 1.82) is 0 Å². The molecule has 0 rings (SSSR count). The highest BCUT2D eigenvalue weighted by molar-refractivity contribution is 8.03. The molecule has 0 heterocycles. The molecule has 0 aromatic rings. The van der Waals surface area contributed by atoms with E-state index in [4.69, 9.17) is 0 Å². The smallest absolute Gasteiger partial charge is 0.159 e. The average molecular weight is 212 g/mol. The van der Waals surface area contributed by atoms with Crippen molar-refractivity contribution < 1.29 is 8.42 Å². The first-order chi connectivity index (χ1) is 4.77. The van der Waals surface area contributed by atoms with Gasteiger partial charge in [0.1, 0.15) is 0 Å². The van der Waals surface area contributed by atoms with Gasteiger partial charge >= 0.3 is 0 Å². The van der Waals surface area contributed by atoms with Gasteiger partial charge in [-0.1, -0.05) is 19.6 Å². The minimum atomic E-state index is -2.85. The number of thiol groups is 1. The fraction of sp³-hybridized carbons (Fsp3) is 1.00. The van der Waals surface area contributed by atoms with E-state index in [1.165, 1.54) is 0 Å². The van der Waals surface area contributed by atoms with Gasteiger partial charge in [-0.15, -0.1) is 0 Å². The number of rotatable bonds is 4. The zero-order valence-corrected chi connectivity index (χ0v) is 10.0. The molecular formula is C6H16O2S2Si. The summed E-state index contributed by atoms with van der Waals surface area (Å²) in [5, 5.41) is -0.0164. The van der Waals surface area contributed by atoms with E-state index in [1.54, 1.807) is 0 Å². The van der Waals surface area contributed by atoms with Crippen molar-refractivity contribution >= 4 is 30.5 Å². The third kappa shape index (κ3) is 6.90. The van der Waals surface area contributed by atoms with Crippen LogP contribution in [0, 0.1) is 0 Å². The molecule has 0 unspecified atom stereocenters. The Kier molecular flexibility index (Phi) is 4.14. The van der Waals surface area contributed by atoms with Crippen molar-refractivity contribution in [3.63, 3.8) is 0 Å². The van der Waals surface area contributed by atoms with Gasteiger partial charge in [-0.3, -0.25) is 0 Å². The molecular weight excluding hydrogens is 196 g/mol. The van der Waals surface area contributed by atoms with Crippen LogP contribution in [0.4, 0.5) is 0 Å². The molecule has 0 atom stereocenters. The monoisotopic (exact) mass is 212 g/mol. The Morgan fingerprint density at radius 1 is 1.27 bits per heavy atom. The van der Waals surface area contributed by atoms with E-state index >= 15 is 0 Å². The summed E-state index contributed by atoms with van der Waals surface area (Å²) in [6.45, 7) is 6.50. The van der Waals surface area contributed by atoms with Gasteiger partial charge in [0, 0.05) is 13.8 Å². The molecule has 0 spiro atoms. The minimum Gasteiger partial charge on any atom is -0.228 e. The van der Waals surface area contributed by atoms with Crippen LogP contribution in [0.25, 0.3) is 0 Å². The Labute approximate surface area is 75.7 Å². The van der Waals surface area contributed by atoms with Gasteiger partial charge in [0.25, 0.3) is 0 Å².